The van der Waals surface area contributed by atoms with E-state index in [-0.39, 0.29) is 5.95 Å². The fraction of sp³-hybridized carbons (Fsp3) is 0.115. The van der Waals surface area contributed by atoms with Gasteiger partial charge in [-0.25, -0.2) is 9.97 Å². The van der Waals surface area contributed by atoms with Gasteiger partial charge in [0.1, 0.15) is 22.8 Å². The highest BCUT2D eigenvalue weighted by molar-refractivity contribution is 5.93. The molecular formula is C26H24N6O2. The number of anilines is 2. The quantitative estimate of drug-likeness (QED) is 0.369. The number of hydrogen-bond acceptors (Lipinski definition) is 7. The van der Waals surface area contributed by atoms with E-state index in [4.69, 9.17) is 25.2 Å². The summed E-state index contributed by atoms with van der Waals surface area (Å²) in [6.07, 6.45) is 1.81. The monoisotopic (exact) mass is 452 g/mol. The number of hydrogen-bond donors (Lipinski definition) is 2. The van der Waals surface area contributed by atoms with E-state index >= 15 is 0 Å². The maximum Gasteiger partial charge on any atom is 0.239 e. The van der Waals surface area contributed by atoms with Crippen molar-refractivity contribution in [1.82, 2.24) is 19.5 Å². The molecule has 0 aliphatic carbocycles. The molecule has 0 bridgehead atoms. The van der Waals surface area contributed by atoms with Gasteiger partial charge in [0.25, 0.3) is 0 Å². The Bertz CT molecular complexity index is 1450. The lowest BCUT2D eigenvalue weighted by atomic mass is 10.1. The lowest BCUT2D eigenvalue weighted by Gasteiger charge is -2.13. The molecule has 0 saturated heterocycles. The van der Waals surface area contributed by atoms with Gasteiger partial charge in [0.15, 0.2) is 0 Å². The number of benzene rings is 3. The first-order valence-electron chi connectivity index (χ1n) is 10.8. The standard InChI is InChI=1S/C26H24N6O2/c1-33-21-13-7-6-11-18(21)20-16-32(25(27)29-20)26-30-23-19(12-8-14-22(23)34-2)24(31-26)28-15-17-9-4-3-5-10-17/h3-14,16H,15H2,1-2H3,(H2,27,29)(H,28,30,31). The number of fused-ring (bicyclic) bond motifs is 1. The van der Waals surface area contributed by atoms with Crippen LogP contribution in [0.25, 0.3) is 28.1 Å². The number of nitrogens with two attached hydrogens (primary N) is 1. The van der Waals surface area contributed by atoms with Crippen LogP contribution in [0.3, 0.4) is 0 Å². The summed E-state index contributed by atoms with van der Waals surface area (Å²) in [6, 6.07) is 23.5. The molecule has 8 heteroatoms. The molecule has 34 heavy (non-hydrogen) atoms. The van der Waals surface area contributed by atoms with Crippen LogP contribution in [-0.4, -0.2) is 33.7 Å². The third kappa shape index (κ3) is 3.97. The molecule has 0 aliphatic rings. The number of imidazole rings is 1. The minimum absolute atomic E-state index is 0.268. The van der Waals surface area contributed by atoms with Crippen LogP contribution >= 0.6 is 0 Å². The third-order valence-electron chi connectivity index (χ3n) is 5.53. The SMILES string of the molecule is COc1ccccc1-c1cn(-c2nc(NCc3ccccc3)c3cccc(OC)c3n2)c(N)n1. The first kappa shape index (κ1) is 21.3. The fourth-order valence-electron chi connectivity index (χ4n) is 3.84. The Balaban J connectivity index is 1.62. The highest BCUT2D eigenvalue weighted by Crippen LogP contribution is 2.32. The van der Waals surface area contributed by atoms with Crippen LogP contribution in [0.15, 0.2) is 79.0 Å². The zero-order chi connectivity index (χ0) is 23.5. The van der Waals surface area contributed by atoms with Crippen LogP contribution in [0.5, 0.6) is 11.5 Å². The van der Waals surface area contributed by atoms with Crippen LogP contribution in [0, 0.1) is 0 Å². The second-order valence-electron chi connectivity index (χ2n) is 7.62. The van der Waals surface area contributed by atoms with Gasteiger partial charge in [-0.1, -0.05) is 48.5 Å². The summed E-state index contributed by atoms with van der Waals surface area (Å²) in [5.41, 5.74) is 9.62. The molecule has 3 aromatic carbocycles. The van der Waals surface area contributed by atoms with Gasteiger partial charge in [-0.15, -0.1) is 0 Å². The molecule has 0 atom stereocenters. The molecule has 0 fully saturated rings. The zero-order valence-electron chi connectivity index (χ0n) is 18.9. The summed E-state index contributed by atoms with van der Waals surface area (Å²) in [6.45, 7) is 0.607. The summed E-state index contributed by atoms with van der Waals surface area (Å²) < 4.78 is 12.7. The number of aromatic nitrogens is 4. The molecule has 2 aromatic heterocycles. The molecular weight excluding hydrogens is 428 g/mol. The van der Waals surface area contributed by atoms with E-state index in [0.29, 0.717) is 41.0 Å². The van der Waals surface area contributed by atoms with Crippen molar-refractivity contribution in [3.8, 4) is 28.7 Å². The van der Waals surface area contributed by atoms with Gasteiger partial charge < -0.3 is 20.5 Å². The average molecular weight is 453 g/mol. The highest BCUT2D eigenvalue weighted by Gasteiger charge is 2.17. The number of nitrogens with one attached hydrogen (secondary N) is 1. The van der Waals surface area contributed by atoms with Gasteiger partial charge in [-0.2, -0.15) is 4.98 Å². The van der Waals surface area contributed by atoms with Gasteiger partial charge in [-0.05, 0) is 29.8 Å². The topological polar surface area (TPSA) is 100 Å². The lowest BCUT2D eigenvalue weighted by molar-refractivity contribution is 0.416. The van der Waals surface area contributed by atoms with E-state index in [9.17, 15) is 0 Å². The molecule has 0 amide bonds. The molecule has 0 unspecified atom stereocenters. The minimum Gasteiger partial charge on any atom is -0.496 e. The van der Waals surface area contributed by atoms with Crippen molar-refractivity contribution in [2.75, 3.05) is 25.3 Å². The van der Waals surface area contributed by atoms with E-state index in [1.807, 2.05) is 66.9 Å². The molecule has 5 rings (SSSR count). The molecule has 0 aliphatic heterocycles. The Morgan fingerprint density at radius 3 is 2.35 bits per heavy atom. The van der Waals surface area contributed by atoms with Crippen LogP contribution in [0.2, 0.25) is 0 Å². The van der Waals surface area contributed by atoms with E-state index in [1.165, 1.54) is 0 Å². The van der Waals surface area contributed by atoms with Crippen molar-refractivity contribution >= 4 is 22.7 Å². The van der Waals surface area contributed by atoms with E-state index < -0.39 is 0 Å². The summed E-state index contributed by atoms with van der Waals surface area (Å²) in [5.74, 6) is 2.68. The molecule has 170 valence electrons. The Morgan fingerprint density at radius 2 is 1.56 bits per heavy atom. The first-order valence-corrected chi connectivity index (χ1v) is 10.8. The molecule has 8 nitrogen and oxygen atoms in total. The van der Waals surface area contributed by atoms with Gasteiger partial charge >= 0.3 is 0 Å². The van der Waals surface area contributed by atoms with Crippen molar-refractivity contribution in [3.05, 3.63) is 84.6 Å². The fourth-order valence-corrected chi connectivity index (χ4v) is 3.84. The number of methoxy groups -OCH3 is 2. The Labute approximate surface area is 197 Å². The van der Waals surface area contributed by atoms with Crippen LogP contribution < -0.4 is 20.5 Å². The van der Waals surface area contributed by atoms with Crippen molar-refractivity contribution in [3.63, 3.8) is 0 Å². The largest absolute Gasteiger partial charge is 0.496 e. The number of para-hydroxylation sites is 2. The van der Waals surface area contributed by atoms with Crippen LogP contribution in [0.1, 0.15) is 5.56 Å². The molecule has 0 saturated carbocycles. The smallest absolute Gasteiger partial charge is 0.239 e. The predicted molar refractivity (Wildman–Crippen MR) is 133 cm³/mol. The predicted octanol–water partition coefficient (Wildman–Crippen LogP) is 4.69. The maximum atomic E-state index is 6.31. The second kappa shape index (κ2) is 9.11. The Kier molecular flexibility index (Phi) is 5.70. The van der Waals surface area contributed by atoms with Gasteiger partial charge in [-0.3, -0.25) is 4.57 Å². The Morgan fingerprint density at radius 1 is 0.824 bits per heavy atom. The van der Waals surface area contributed by atoms with E-state index in [0.717, 1.165) is 16.5 Å². The van der Waals surface area contributed by atoms with Gasteiger partial charge in [0, 0.05) is 23.7 Å². The van der Waals surface area contributed by atoms with Crippen molar-refractivity contribution < 1.29 is 9.47 Å². The summed E-state index contributed by atoms with van der Waals surface area (Å²) in [7, 11) is 3.25. The molecule has 3 N–H and O–H groups in total. The average Bonchev–Trinajstić information content (AvgIpc) is 3.28. The summed E-state index contributed by atoms with van der Waals surface area (Å²) >= 11 is 0. The number of nitrogen functional groups attached to an aromatic ring is 1. The molecule has 0 spiro atoms. The number of ether oxygens (including phenoxy) is 2. The van der Waals surface area contributed by atoms with Gasteiger partial charge in [0.05, 0.1) is 19.9 Å². The number of nitrogens with zero attached hydrogens (tertiary/aromatic N) is 4. The minimum atomic E-state index is 0.268. The maximum absolute atomic E-state index is 6.31. The van der Waals surface area contributed by atoms with E-state index in [2.05, 4.69) is 22.4 Å². The normalized spacial score (nSPS) is 10.9. The highest BCUT2D eigenvalue weighted by atomic mass is 16.5. The van der Waals surface area contributed by atoms with E-state index in [1.54, 1.807) is 18.8 Å². The third-order valence-corrected chi connectivity index (χ3v) is 5.53. The lowest BCUT2D eigenvalue weighted by Crippen LogP contribution is -2.09. The summed E-state index contributed by atoms with van der Waals surface area (Å²) in [4.78, 5) is 14.1. The molecule has 0 radical (unpaired) electrons. The van der Waals surface area contributed by atoms with Crippen LogP contribution in [-0.2, 0) is 6.54 Å². The Hall–Kier alpha value is -4.59. The molecule has 2 heterocycles. The van der Waals surface area contributed by atoms with Crippen molar-refractivity contribution in [2.24, 2.45) is 0 Å². The number of rotatable bonds is 7. The summed E-state index contributed by atoms with van der Waals surface area (Å²) in [5, 5.41) is 4.29. The van der Waals surface area contributed by atoms with Crippen molar-refractivity contribution in [1.29, 1.82) is 0 Å². The van der Waals surface area contributed by atoms with Crippen LogP contribution in [0.4, 0.5) is 11.8 Å². The van der Waals surface area contributed by atoms with Crippen molar-refractivity contribution in [2.45, 2.75) is 6.54 Å². The second-order valence-corrected chi connectivity index (χ2v) is 7.62. The first-order chi connectivity index (χ1) is 16.7. The van der Waals surface area contributed by atoms with Gasteiger partial charge in [0.2, 0.25) is 11.9 Å². The zero-order valence-corrected chi connectivity index (χ0v) is 18.9. The molecule has 5 aromatic rings.